The van der Waals surface area contributed by atoms with Crippen molar-refractivity contribution < 1.29 is 4.58 Å². The number of anilines is 1. The molecule has 2 nitrogen and oxygen atoms in total. The maximum absolute atomic E-state index is 5.13. The first kappa shape index (κ1) is 28.0. The average molecular weight is 582 g/mol. The smallest absolute Gasteiger partial charge is 0.210 e. The van der Waals surface area contributed by atoms with Crippen molar-refractivity contribution >= 4 is 51.3 Å². The Bertz CT molecular complexity index is 1980. The quantitative estimate of drug-likeness (QED) is 0.187. The van der Waals surface area contributed by atoms with Gasteiger partial charge in [-0.1, -0.05) is 80.6 Å². The van der Waals surface area contributed by atoms with Crippen LogP contribution in [0, 0.1) is 0 Å². The van der Waals surface area contributed by atoms with E-state index in [1.165, 1.54) is 66.6 Å². The van der Waals surface area contributed by atoms with Crippen LogP contribution in [0.3, 0.4) is 0 Å². The Hall–Kier alpha value is -3.82. The first-order valence-corrected chi connectivity index (χ1v) is 16.0. The van der Waals surface area contributed by atoms with Crippen LogP contribution in [-0.4, -0.2) is 24.4 Å². The van der Waals surface area contributed by atoms with Crippen molar-refractivity contribution in [3.8, 4) is 0 Å². The number of rotatable bonds is 3. The summed E-state index contributed by atoms with van der Waals surface area (Å²) in [6.45, 7) is 9.43. The molecule has 1 aliphatic carbocycles. The van der Waals surface area contributed by atoms with Crippen LogP contribution in [0.1, 0.15) is 58.1 Å². The van der Waals surface area contributed by atoms with Gasteiger partial charge in [0.15, 0.2) is 5.71 Å². The number of thiol groups is 1. The molecule has 4 aromatic rings. The molecule has 3 aliphatic rings. The number of allylic oxidation sites excluding steroid dienone is 7. The van der Waals surface area contributed by atoms with Gasteiger partial charge in [-0.2, -0.15) is 4.58 Å². The predicted octanol–water partition coefficient (Wildman–Crippen LogP) is 10.2. The van der Waals surface area contributed by atoms with Crippen LogP contribution < -0.4 is 4.90 Å². The zero-order valence-electron chi connectivity index (χ0n) is 26.2. The van der Waals surface area contributed by atoms with E-state index in [1.54, 1.807) is 0 Å². The highest BCUT2D eigenvalue weighted by molar-refractivity contribution is 7.84. The van der Waals surface area contributed by atoms with E-state index >= 15 is 0 Å². The van der Waals surface area contributed by atoms with Crippen LogP contribution in [-0.2, 0) is 10.8 Å². The Morgan fingerprint density at radius 1 is 0.744 bits per heavy atom. The van der Waals surface area contributed by atoms with Gasteiger partial charge in [0.2, 0.25) is 5.69 Å². The molecule has 3 heteroatoms. The van der Waals surface area contributed by atoms with Crippen molar-refractivity contribution in [2.45, 2.75) is 57.8 Å². The lowest BCUT2D eigenvalue weighted by molar-refractivity contribution is -0.401. The Kier molecular flexibility index (Phi) is 6.59. The number of benzene rings is 4. The van der Waals surface area contributed by atoms with Crippen LogP contribution in [0.2, 0.25) is 0 Å². The molecule has 43 heavy (non-hydrogen) atoms. The highest BCUT2D eigenvalue weighted by Crippen LogP contribution is 2.50. The average Bonchev–Trinajstić information content (AvgIpc) is 3.33. The fraction of sp³-hybridized carbons (Fsp3) is 0.275. The summed E-state index contributed by atoms with van der Waals surface area (Å²) >= 11 is 5.13. The molecule has 2 heterocycles. The second kappa shape index (κ2) is 10.1. The van der Waals surface area contributed by atoms with Crippen molar-refractivity contribution in [1.82, 2.24) is 0 Å². The summed E-state index contributed by atoms with van der Waals surface area (Å²) in [6.07, 6.45) is 12.6. The zero-order valence-corrected chi connectivity index (χ0v) is 27.1. The molecule has 216 valence electrons. The van der Waals surface area contributed by atoms with Crippen molar-refractivity contribution in [2.24, 2.45) is 0 Å². The third-order valence-electron chi connectivity index (χ3n) is 10.2. The van der Waals surface area contributed by atoms with Crippen LogP contribution in [0.25, 0.3) is 21.5 Å². The van der Waals surface area contributed by atoms with E-state index < -0.39 is 0 Å². The molecule has 0 bridgehead atoms. The summed E-state index contributed by atoms with van der Waals surface area (Å²) in [7, 11) is 4.41. The molecular weight excluding hydrogens is 541 g/mol. The maximum atomic E-state index is 5.13. The topological polar surface area (TPSA) is 6.25 Å². The highest BCUT2D eigenvalue weighted by atomic mass is 32.1. The van der Waals surface area contributed by atoms with Gasteiger partial charge >= 0.3 is 0 Å². The maximum Gasteiger partial charge on any atom is 0.210 e. The molecule has 0 unspecified atom stereocenters. The predicted molar refractivity (Wildman–Crippen MR) is 188 cm³/mol. The zero-order chi connectivity index (χ0) is 30.1. The third-order valence-corrected chi connectivity index (χ3v) is 10.7. The molecule has 0 amide bonds. The molecule has 0 fully saturated rings. The fourth-order valence-corrected chi connectivity index (χ4v) is 8.36. The van der Waals surface area contributed by atoms with Gasteiger partial charge in [-0.05, 0) is 89.6 Å². The van der Waals surface area contributed by atoms with Crippen LogP contribution >= 0.6 is 12.6 Å². The molecule has 7 rings (SSSR count). The molecule has 0 spiro atoms. The minimum atomic E-state index is -0.0889. The number of fused-ring (bicyclic) bond motifs is 6. The molecule has 4 aromatic carbocycles. The van der Waals surface area contributed by atoms with E-state index in [2.05, 4.69) is 148 Å². The van der Waals surface area contributed by atoms with Gasteiger partial charge < -0.3 is 4.90 Å². The second-order valence-corrected chi connectivity index (χ2v) is 13.9. The lowest BCUT2D eigenvalue weighted by Gasteiger charge is -2.25. The lowest BCUT2D eigenvalue weighted by atomic mass is 9.78. The summed E-state index contributed by atoms with van der Waals surface area (Å²) < 4.78 is 2.38. The van der Waals surface area contributed by atoms with E-state index in [1.807, 2.05) is 0 Å². The molecular formula is C40H41N2S+. The first-order chi connectivity index (χ1) is 20.6. The van der Waals surface area contributed by atoms with Gasteiger partial charge in [0.05, 0.1) is 5.41 Å². The van der Waals surface area contributed by atoms with Gasteiger partial charge in [0.25, 0.3) is 0 Å². The SMILES string of the molecule is CN1/C(=C/C=C2\CCCC(C=CC3=[N+](C)c4ccc5ccccc5c4C3(C)C)=C2S)C(C)(C)c2c1ccc1ccccc21. The number of likely N-dealkylation sites (N-methyl/N-ethyl adjacent to an activating group) is 1. The molecule has 0 aromatic heterocycles. The van der Waals surface area contributed by atoms with Gasteiger partial charge in [0.1, 0.15) is 7.05 Å². The minimum absolute atomic E-state index is 0.0889. The largest absolute Gasteiger partial charge is 0.347 e. The fourth-order valence-electron chi connectivity index (χ4n) is 7.98. The summed E-state index contributed by atoms with van der Waals surface area (Å²) in [4.78, 5) is 3.50. The van der Waals surface area contributed by atoms with Crippen molar-refractivity contribution in [2.75, 3.05) is 19.0 Å². The number of hydrogen-bond acceptors (Lipinski definition) is 2. The van der Waals surface area contributed by atoms with Crippen molar-refractivity contribution in [3.05, 3.63) is 130 Å². The highest BCUT2D eigenvalue weighted by Gasteiger charge is 2.44. The van der Waals surface area contributed by atoms with Gasteiger partial charge in [-0.25, -0.2) is 0 Å². The Labute approximate surface area is 261 Å². The van der Waals surface area contributed by atoms with Gasteiger partial charge in [0, 0.05) is 46.5 Å². The third kappa shape index (κ3) is 4.27. The molecule has 2 aliphatic heterocycles. The van der Waals surface area contributed by atoms with E-state index in [9.17, 15) is 0 Å². The summed E-state index contributed by atoms with van der Waals surface area (Å²) in [5.41, 5.74) is 10.6. The Balaban J connectivity index is 1.22. The van der Waals surface area contributed by atoms with Gasteiger partial charge in [-0.3, -0.25) is 0 Å². The van der Waals surface area contributed by atoms with E-state index in [0.29, 0.717) is 0 Å². The first-order valence-electron chi connectivity index (χ1n) is 15.5. The van der Waals surface area contributed by atoms with E-state index in [-0.39, 0.29) is 10.8 Å². The van der Waals surface area contributed by atoms with Crippen molar-refractivity contribution in [3.63, 3.8) is 0 Å². The monoisotopic (exact) mass is 581 g/mol. The second-order valence-electron chi connectivity index (χ2n) is 13.4. The molecule has 0 saturated carbocycles. The summed E-state index contributed by atoms with van der Waals surface area (Å²) in [5, 5.41) is 5.30. The van der Waals surface area contributed by atoms with Crippen LogP contribution in [0.15, 0.2) is 119 Å². The standard InChI is InChI=1S/C40H40N2S/c1-39(2)34(41(5)32-22-18-26-12-7-9-16-30(26)36(32)39)24-20-28-14-11-15-29(38(28)43)21-25-35-40(3,4)37-31-17-10-8-13-27(31)19-23-33(37)42(35)6/h7-10,12-13,16-25H,11,14-15H2,1-6H3/p+1/b28-20+,34-24+. The lowest BCUT2D eigenvalue weighted by Crippen LogP contribution is -2.27. The molecule has 0 atom stereocenters. The number of nitrogens with zero attached hydrogens (tertiary/aromatic N) is 2. The minimum Gasteiger partial charge on any atom is -0.347 e. The molecule has 0 saturated heterocycles. The summed E-state index contributed by atoms with van der Waals surface area (Å²) in [5.74, 6) is 0. The van der Waals surface area contributed by atoms with E-state index in [4.69, 9.17) is 12.6 Å². The number of hydrogen-bond donors (Lipinski definition) is 1. The van der Waals surface area contributed by atoms with Crippen molar-refractivity contribution in [1.29, 1.82) is 0 Å². The van der Waals surface area contributed by atoms with Gasteiger partial charge in [-0.15, -0.1) is 12.6 Å². The normalized spacial score (nSPS) is 21.2. The Morgan fingerprint density at radius 3 is 2.12 bits per heavy atom. The van der Waals surface area contributed by atoms with Crippen LogP contribution in [0.5, 0.6) is 0 Å². The van der Waals surface area contributed by atoms with Crippen LogP contribution in [0.4, 0.5) is 11.4 Å². The van der Waals surface area contributed by atoms with E-state index in [0.717, 1.165) is 24.2 Å². The molecule has 0 N–H and O–H groups in total. The Morgan fingerprint density at radius 2 is 1.40 bits per heavy atom. The summed E-state index contributed by atoms with van der Waals surface area (Å²) in [6, 6.07) is 26.6. The molecule has 0 radical (unpaired) electrons.